The molecule has 4 N–H and O–H groups in total. The molecule has 2 atom stereocenters. The lowest BCUT2D eigenvalue weighted by molar-refractivity contribution is -0.0726. The van der Waals surface area contributed by atoms with E-state index in [4.69, 9.17) is 5.73 Å². The second-order valence-corrected chi connectivity index (χ2v) is 4.62. The highest BCUT2D eigenvalue weighted by molar-refractivity contribution is 4.88. The Kier molecular flexibility index (Phi) is 3.69. The molecule has 3 heteroatoms. The quantitative estimate of drug-likeness (QED) is 0.585. The lowest BCUT2D eigenvalue weighted by Crippen LogP contribution is -2.44. The van der Waals surface area contributed by atoms with Crippen LogP contribution in [0, 0.1) is 5.41 Å². The van der Waals surface area contributed by atoms with Crippen molar-refractivity contribution < 1.29 is 10.2 Å². The van der Waals surface area contributed by atoms with Gasteiger partial charge in [-0.05, 0) is 12.3 Å². The molecule has 0 aromatic rings. The van der Waals surface area contributed by atoms with Gasteiger partial charge in [-0.25, -0.2) is 0 Å². The van der Waals surface area contributed by atoms with E-state index in [1.54, 1.807) is 6.92 Å². The Morgan fingerprint density at radius 2 is 1.67 bits per heavy atom. The zero-order valence-corrected chi connectivity index (χ0v) is 8.46. The molecule has 74 valence electrons. The first-order chi connectivity index (χ1) is 5.20. The maximum absolute atomic E-state index is 9.94. The van der Waals surface area contributed by atoms with Crippen LogP contribution in [-0.4, -0.2) is 28.5 Å². The summed E-state index contributed by atoms with van der Waals surface area (Å²) in [7, 11) is 0. The van der Waals surface area contributed by atoms with E-state index in [0.29, 0.717) is 6.42 Å². The van der Waals surface area contributed by atoms with E-state index in [1.165, 1.54) is 0 Å². The standard InChI is InChI=1S/C9H21NO2/c1-8(2,3)9(4,12)5-7(11)6-10/h7,11-12H,5-6,10H2,1-4H3. The van der Waals surface area contributed by atoms with E-state index in [-0.39, 0.29) is 12.0 Å². The van der Waals surface area contributed by atoms with Gasteiger partial charge in [-0.2, -0.15) is 0 Å². The number of aliphatic hydroxyl groups is 2. The Labute approximate surface area is 74.6 Å². The topological polar surface area (TPSA) is 66.5 Å². The van der Waals surface area contributed by atoms with Crippen molar-refractivity contribution >= 4 is 0 Å². The van der Waals surface area contributed by atoms with Crippen molar-refractivity contribution in [2.24, 2.45) is 11.1 Å². The minimum atomic E-state index is -0.869. The van der Waals surface area contributed by atoms with E-state index in [0.717, 1.165) is 0 Å². The molecule has 3 nitrogen and oxygen atoms in total. The average Bonchev–Trinajstić information content (AvgIpc) is 1.84. The molecule has 12 heavy (non-hydrogen) atoms. The SMILES string of the molecule is CC(C)(C)C(C)(O)CC(O)CN. The van der Waals surface area contributed by atoms with Crippen molar-refractivity contribution in [3.8, 4) is 0 Å². The number of nitrogens with two attached hydrogens (primary N) is 1. The molecule has 0 aliphatic heterocycles. The van der Waals surface area contributed by atoms with Crippen LogP contribution >= 0.6 is 0 Å². The van der Waals surface area contributed by atoms with E-state index in [2.05, 4.69) is 0 Å². The van der Waals surface area contributed by atoms with Crippen LogP contribution < -0.4 is 5.73 Å². The molecule has 0 heterocycles. The van der Waals surface area contributed by atoms with Crippen LogP contribution in [0.2, 0.25) is 0 Å². The van der Waals surface area contributed by atoms with Gasteiger partial charge in [0.05, 0.1) is 11.7 Å². The second-order valence-electron chi connectivity index (χ2n) is 4.62. The highest BCUT2D eigenvalue weighted by atomic mass is 16.3. The predicted octanol–water partition coefficient (Wildman–Crippen LogP) is 0.493. The summed E-state index contributed by atoms with van der Waals surface area (Å²) in [6, 6.07) is 0. The molecule has 0 saturated heterocycles. The van der Waals surface area contributed by atoms with Crippen molar-refractivity contribution in [3.05, 3.63) is 0 Å². The Balaban J connectivity index is 4.22. The zero-order valence-electron chi connectivity index (χ0n) is 8.46. The molecule has 0 radical (unpaired) electrons. The molecule has 0 aliphatic carbocycles. The Bertz CT molecular complexity index is 138. The van der Waals surface area contributed by atoms with Gasteiger partial charge in [0.2, 0.25) is 0 Å². The number of aliphatic hydroxyl groups excluding tert-OH is 1. The zero-order chi connectivity index (χ0) is 9.99. The van der Waals surface area contributed by atoms with E-state index in [9.17, 15) is 10.2 Å². The van der Waals surface area contributed by atoms with Gasteiger partial charge < -0.3 is 15.9 Å². The minimum Gasteiger partial charge on any atom is -0.392 e. The summed E-state index contributed by atoms with van der Waals surface area (Å²) in [4.78, 5) is 0. The molecule has 0 aromatic carbocycles. The molecule has 0 spiro atoms. The Hall–Kier alpha value is -0.120. The van der Waals surface area contributed by atoms with Gasteiger partial charge in [0.1, 0.15) is 0 Å². The fourth-order valence-corrected chi connectivity index (χ4v) is 0.848. The third kappa shape index (κ3) is 3.09. The lowest BCUT2D eigenvalue weighted by atomic mass is 9.75. The maximum Gasteiger partial charge on any atom is 0.0692 e. The fourth-order valence-electron chi connectivity index (χ4n) is 0.848. The molecular formula is C9H21NO2. The van der Waals surface area contributed by atoms with Crippen molar-refractivity contribution in [1.82, 2.24) is 0 Å². The molecular weight excluding hydrogens is 154 g/mol. The summed E-state index contributed by atoms with van der Waals surface area (Å²) in [6.07, 6.45) is -0.285. The lowest BCUT2D eigenvalue weighted by Gasteiger charge is -2.38. The highest BCUT2D eigenvalue weighted by Gasteiger charge is 2.36. The Morgan fingerprint density at radius 3 is 1.92 bits per heavy atom. The van der Waals surface area contributed by atoms with Crippen molar-refractivity contribution in [3.63, 3.8) is 0 Å². The summed E-state index contributed by atoms with van der Waals surface area (Å²) >= 11 is 0. The molecule has 2 unspecified atom stereocenters. The van der Waals surface area contributed by atoms with Crippen molar-refractivity contribution in [1.29, 1.82) is 0 Å². The van der Waals surface area contributed by atoms with Crippen LogP contribution in [0.1, 0.15) is 34.1 Å². The summed E-state index contributed by atoms with van der Waals surface area (Å²) in [5.74, 6) is 0. The molecule has 0 fully saturated rings. The van der Waals surface area contributed by atoms with Crippen LogP contribution in [-0.2, 0) is 0 Å². The van der Waals surface area contributed by atoms with Crippen molar-refractivity contribution in [2.75, 3.05) is 6.54 Å². The molecule has 0 aromatic heterocycles. The number of hydrogen-bond acceptors (Lipinski definition) is 3. The second kappa shape index (κ2) is 3.73. The first-order valence-electron chi connectivity index (χ1n) is 4.31. The van der Waals surface area contributed by atoms with Crippen LogP contribution in [0.5, 0.6) is 0 Å². The molecule has 0 amide bonds. The first-order valence-corrected chi connectivity index (χ1v) is 4.31. The van der Waals surface area contributed by atoms with Gasteiger partial charge >= 0.3 is 0 Å². The van der Waals surface area contributed by atoms with Crippen LogP contribution in [0.15, 0.2) is 0 Å². The van der Waals surface area contributed by atoms with E-state index >= 15 is 0 Å². The minimum absolute atomic E-state index is 0.201. The summed E-state index contributed by atoms with van der Waals surface area (Å²) in [5, 5.41) is 19.2. The third-order valence-electron chi connectivity index (χ3n) is 2.52. The van der Waals surface area contributed by atoms with Gasteiger partial charge in [0.25, 0.3) is 0 Å². The van der Waals surface area contributed by atoms with E-state index < -0.39 is 11.7 Å². The van der Waals surface area contributed by atoms with Gasteiger partial charge in [0.15, 0.2) is 0 Å². The molecule has 0 rings (SSSR count). The molecule has 0 bridgehead atoms. The van der Waals surface area contributed by atoms with Crippen LogP contribution in [0.25, 0.3) is 0 Å². The largest absolute Gasteiger partial charge is 0.392 e. The van der Waals surface area contributed by atoms with Gasteiger partial charge in [-0.1, -0.05) is 20.8 Å². The Morgan fingerprint density at radius 1 is 1.25 bits per heavy atom. The fraction of sp³-hybridized carbons (Fsp3) is 1.00. The normalized spacial score (nSPS) is 20.2. The van der Waals surface area contributed by atoms with Gasteiger partial charge in [-0.15, -0.1) is 0 Å². The van der Waals surface area contributed by atoms with E-state index in [1.807, 2.05) is 20.8 Å². The maximum atomic E-state index is 9.94. The number of hydrogen-bond donors (Lipinski definition) is 3. The summed E-state index contributed by atoms with van der Waals surface area (Å²) in [5.41, 5.74) is 4.16. The highest BCUT2D eigenvalue weighted by Crippen LogP contribution is 2.33. The summed E-state index contributed by atoms with van der Waals surface area (Å²) < 4.78 is 0. The molecule has 0 saturated carbocycles. The summed E-state index contributed by atoms with van der Waals surface area (Å²) in [6.45, 7) is 7.75. The van der Waals surface area contributed by atoms with Crippen molar-refractivity contribution in [2.45, 2.75) is 45.8 Å². The van der Waals surface area contributed by atoms with Gasteiger partial charge in [-0.3, -0.25) is 0 Å². The van der Waals surface area contributed by atoms with Gasteiger partial charge in [0, 0.05) is 13.0 Å². The van der Waals surface area contributed by atoms with Crippen LogP contribution in [0.4, 0.5) is 0 Å². The smallest absolute Gasteiger partial charge is 0.0692 e. The van der Waals surface area contributed by atoms with Crippen LogP contribution in [0.3, 0.4) is 0 Å². The first kappa shape index (κ1) is 11.9. The third-order valence-corrected chi connectivity index (χ3v) is 2.52. The monoisotopic (exact) mass is 175 g/mol. The number of rotatable bonds is 3. The molecule has 0 aliphatic rings. The predicted molar refractivity (Wildman–Crippen MR) is 49.8 cm³/mol. The average molecular weight is 175 g/mol.